The second kappa shape index (κ2) is 12.6. The maximum Gasteiger partial charge on any atom is 0.325 e. The lowest BCUT2D eigenvalue weighted by atomic mass is 9.91. The summed E-state index contributed by atoms with van der Waals surface area (Å²) in [5.41, 5.74) is 2.82. The minimum atomic E-state index is -1.01. The summed E-state index contributed by atoms with van der Waals surface area (Å²) in [5.74, 6) is -0.397. The molecule has 3 amide bonds. The number of imidazole rings is 1. The van der Waals surface area contributed by atoms with Crippen LogP contribution in [0.1, 0.15) is 47.6 Å². The molecular formula is C31H30FIN4O5. The first-order chi connectivity index (χ1) is 20.2. The zero-order valence-corrected chi connectivity index (χ0v) is 25.1. The Morgan fingerprint density at radius 1 is 1.10 bits per heavy atom. The van der Waals surface area contributed by atoms with Gasteiger partial charge in [-0.05, 0) is 71.0 Å². The number of amides is 3. The highest BCUT2D eigenvalue weighted by Gasteiger charge is 2.46. The van der Waals surface area contributed by atoms with Crippen LogP contribution in [0.25, 0.3) is 11.3 Å². The van der Waals surface area contributed by atoms with Crippen LogP contribution >= 0.6 is 22.6 Å². The molecule has 3 aromatic carbocycles. The van der Waals surface area contributed by atoms with Crippen molar-refractivity contribution in [3.8, 4) is 17.0 Å². The van der Waals surface area contributed by atoms with Gasteiger partial charge in [0.25, 0.3) is 5.91 Å². The standard InChI is InChI=1S/C31H30FIN4O5/c1-17(19-6-4-3-5-7-19)28(29-34-18(2)26(35-29)24-13-10-21(33)14-25(24)32)37-30(40)27(36-31(37)41)20-8-11-23(12-9-20)42-16-22(39)15-38/h3-14,17,22,27-28,38-39H,15-16H2,1-2H3,(H,34,35)(H,36,41)/t17-,22+,27-,28+/m1/s1. The van der Waals surface area contributed by atoms with Crippen molar-refractivity contribution in [2.24, 2.45) is 0 Å². The SMILES string of the molecule is Cc1nc([C@H]([C@H](C)c2ccccc2)N2C(=O)N[C@H](c3ccc(OC[C@@H](O)CO)cc3)C2=O)[nH]c1-c1ccc(I)cc1F. The first-order valence-corrected chi connectivity index (χ1v) is 14.5. The number of urea groups is 1. The van der Waals surface area contributed by atoms with Crippen LogP contribution in [0.15, 0.2) is 72.8 Å². The average Bonchev–Trinajstić information content (AvgIpc) is 3.51. The number of rotatable bonds is 10. The minimum absolute atomic E-state index is 0.0849. The third-order valence-corrected chi connectivity index (χ3v) is 7.97. The number of carbonyl (C=O) groups is 2. The zero-order chi connectivity index (χ0) is 30.0. The summed E-state index contributed by atoms with van der Waals surface area (Å²) in [4.78, 5) is 36.5. The number of halogens is 2. The van der Waals surface area contributed by atoms with Gasteiger partial charge in [-0.25, -0.2) is 14.2 Å². The third-order valence-electron chi connectivity index (χ3n) is 7.30. The van der Waals surface area contributed by atoms with E-state index in [-0.39, 0.29) is 12.5 Å². The van der Waals surface area contributed by atoms with Crippen LogP contribution in [0.4, 0.5) is 9.18 Å². The molecule has 1 saturated heterocycles. The fourth-order valence-electron chi connectivity index (χ4n) is 5.08. The van der Waals surface area contributed by atoms with Gasteiger partial charge in [0, 0.05) is 15.1 Å². The predicted octanol–water partition coefficient (Wildman–Crippen LogP) is 5.00. The number of hydrogen-bond donors (Lipinski definition) is 4. The molecule has 4 aromatic rings. The molecule has 0 radical (unpaired) electrons. The van der Waals surface area contributed by atoms with Gasteiger partial charge in [0.2, 0.25) is 0 Å². The molecule has 42 heavy (non-hydrogen) atoms. The molecule has 0 bridgehead atoms. The van der Waals surface area contributed by atoms with Crippen LogP contribution in [0.3, 0.4) is 0 Å². The van der Waals surface area contributed by atoms with Gasteiger partial charge in [-0.2, -0.15) is 0 Å². The van der Waals surface area contributed by atoms with Crippen LogP contribution in [0.2, 0.25) is 0 Å². The number of carbonyl (C=O) groups excluding carboxylic acids is 2. The second-order valence-corrected chi connectivity index (χ2v) is 11.4. The average molecular weight is 685 g/mol. The second-order valence-electron chi connectivity index (χ2n) is 10.2. The highest BCUT2D eigenvalue weighted by atomic mass is 127. The van der Waals surface area contributed by atoms with Crippen LogP contribution in [0.5, 0.6) is 5.75 Å². The Hall–Kier alpha value is -3.81. The van der Waals surface area contributed by atoms with E-state index in [2.05, 4.69) is 10.3 Å². The number of imide groups is 1. The summed E-state index contributed by atoms with van der Waals surface area (Å²) in [6.45, 7) is 3.17. The van der Waals surface area contributed by atoms with Gasteiger partial charge in [0.1, 0.15) is 42.2 Å². The lowest BCUT2D eigenvalue weighted by Crippen LogP contribution is -2.38. The van der Waals surface area contributed by atoms with E-state index in [1.165, 1.54) is 11.0 Å². The molecule has 11 heteroatoms. The number of H-pyrrole nitrogens is 1. The van der Waals surface area contributed by atoms with Gasteiger partial charge in [-0.3, -0.25) is 9.69 Å². The van der Waals surface area contributed by atoms with Gasteiger partial charge in [0.15, 0.2) is 0 Å². The molecule has 0 spiro atoms. The number of aliphatic hydroxyl groups excluding tert-OH is 2. The summed E-state index contributed by atoms with van der Waals surface area (Å²) in [7, 11) is 0. The number of aliphatic hydroxyl groups is 2. The molecule has 9 nitrogen and oxygen atoms in total. The predicted molar refractivity (Wildman–Crippen MR) is 162 cm³/mol. The number of nitrogens with one attached hydrogen (secondary N) is 2. The molecule has 1 aliphatic rings. The number of hydrogen-bond acceptors (Lipinski definition) is 6. The van der Waals surface area contributed by atoms with Crippen LogP contribution in [0, 0.1) is 16.3 Å². The van der Waals surface area contributed by atoms with Crippen LogP contribution in [-0.2, 0) is 4.79 Å². The van der Waals surface area contributed by atoms with Crippen molar-refractivity contribution >= 4 is 34.5 Å². The number of aromatic amines is 1. The largest absolute Gasteiger partial charge is 0.491 e. The van der Waals surface area contributed by atoms with Crippen molar-refractivity contribution in [3.05, 3.63) is 105 Å². The summed E-state index contributed by atoms with van der Waals surface area (Å²) >= 11 is 2.05. The topological polar surface area (TPSA) is 128 Å². The summed E-state index contributed by atoms with van der Waals surface area (Å²) in [6.07, 6.45) is -1.01. The van der Waals surface area contributed by atoms with E-state index in [0.29, 0.717) is 34.1 Å². The van der Waals surface area contributed by atoms with E-state index in [1.54, 1.807) is 43.3 Å². The van der Waals surface area contributed by atoms with Gasteiger partial charge in [-0.15, -0.1) is 0 Å². The highest BCUT2D eigenvalue weighted by Crippen LogP contribution is 2.40. The maximum atomic E-state index is 14.9. The monoisotopic (exact) mass is 684 g/mol. The highest BCUT2D eigenvalue weighted by molar-refractivity contribution is 14.1. The third kappa shape index (κ3) is 6.03. The van der Waals surface area contributed by atoms with Crippen molar-refractivity contribution in [3.63, 3.8) is 0 Å². The molecule has 1 aromatic heterocycles. The van der Waals surface area contributed by atoms with Gasteiger partial charge in [-0.1, -0.05) is 49.4 Å². The van der Waals surface area contributed by atoms with Crippen molar-refractivity contribution < 1.29 is 28.9 Å². The van der Waals surface area contributed by atoms with E-state index in [4.69, 9.17) is 14.8 Å². The Morgan fingerprint density at radius 2 is 1.81 bits per heavy atom. The van der Waals surface area contributed by atoms with Crippen LogP contribution in [-0.4, -0.2) is 56.3 Å². The Labute approximate surface area is 255 Å². The summed E-state index contributed by atoms with van der Waals surface area (Å²) in [6, 6.07) is 18.7. The van der Waals surface area contributed by atoms with E-state index < -0.39 is 42.6 Å². The fraction of sp³-hybridized carbons (Fsp3) is 0.258. The van der Waals surface area contributed by atoms with E-state index in [9.17, 15) is 19.1 Å². The van der Waals surface area contributed by atoms with E-state index in [0.717, 1.165) is 9.13 Å². The first kappa shape index (κ1) is 29.7. The number of aryl methyl sites for hydroxylation is 1. The maximum absolute atomic E-state index is 14.9. The van der Waals surface area contributed by atoms with Gasteiger partial charge in [0.05, 0.1) is 18.0 Å². The molecule has 218 valence electrons. The Kier molecular flexibility index (Phi) is 8.90. The van der Waals surface area contributed by atoms with E-state index in [1.807, 2.05) is 59.8 Å². The van der Waals surface area contributed by atoms with Crippen molar-refractivity contribution in [2.75, 3.05) is 13.2 Å². The lowest BCUT2D eigenvalue weighted by Gasteiger charge is -2.29. The molecule has 0 aliphatic carbocycles. The Morgan fingerprint density at radius 3 is 2.48 bits per heavy atom. The van der Waals surface area contributed by atoms with Crippen molar-refractivity contribution in [2.45, 2.75) is 38.0 Å². The Balaban J connectivity index is 1.49. The van der Waals surface area contributed by atoms with E-state index >= 15 is 0 Å². The summed E-state index contributed by atoms with van der Waals surface area (Å²) in [5, 5.41) is 21.3. The number of ether oxygens (including phenoxy) is 1. The number of benzene rings is 3. The molecule has 4 atom stereocenters. The normalized spacial score (nSPS) is 17.2. The van der Waals surface area contributed by atoms with Gasteiger partial charge < -0.3 is 25.3 Å². The first-order valence-electron chi connectivity index (χ1n) is 13.4. The molecule has 1 fully saturated rings. The minimum Gasteiger partial charge on any atom is -0.491 e. The Bertz CT molecular complexity index is 1580. The van der Waals surface area contributed by atoms with Crippen LogP contribution < -0.4 is 10.1 Å². The molecule has 4 N–H and O–H groups in total. The molecule has 2 heterocycles. The van der Waals surface area contributed by atoms with Gasteiger partial charge >= 0.3 is 6.03 Å². The molecule has 1 aliphatic heterocycles. The zero-order valence-electron chi connectivity index (χ0n) is 22.9. The van der Waals surface area contributed by atoms with Crippen molar-refractivity contribution in [1.82, 2.24) is 20.2 Å². The fourth-order valence-corrected chi connectivity index (χ4v) is 5.54. The number of aromatic nitrogens is 2. The molecule has 0 unspecified atom stereocenters. The molecule has 5 rings (SSSR count). The summed E-state index contributed by atoms with van der Waals surface area (Å²) < 4.78 is 21.1. The molecule has 0 saturated carbocycles. The van der Waals surface area contributed by atoms with Crippen molar-refractivity contribution in [1.29, 1.82) is 0 Å². The number of nitrogens with zero attached hydrogens (tertiary/aromatic N) is 2. The smallest absolute Gasteiger partial charge is 0.325 e. The molecular weight excluding hydrogens is 654 g/mol. The quantitative estimate of drug-likeness (QED) is 0.138. The lowest BCUT2D eigenvalue weighted by molar-refractivity contribution is -0.129.